The highest BCUT2D eigenvalue weighted by Crippen LogP contribution is 2.39. The van der Waals surface area contributed by atoms with Crippen molar-refractivity contribution in [3.63, 3.8) is 0 Å². The second-order valence-electron chi connectivity index (χ2n) is 8.50. The van der Waals surface area contributed by atoms with Gasteiger partial charge in [0.15, 0.2) is 11.7 Å². The third-order valence-electron chi connectivity index (χ3n) is 6.06. The molecular weight excluding hydrogens is 455 g/mol. The fourth-order valence-corrected chi connectivity index (χ4v) is 4.44. The standard InChI is InChI=1S/C22H22F3N5O4/c1-21(12-3-5-13(23)6-4-12)16(20(33)34)14(27-17(28-21)18-26-7-8-29(18)2)10-30-11-22(24,25)9-15(30)19(31)32/h3-8,15H,9-11H2,1-2H3,(H,27,28)(H,31,32)(H,33,34)/t15-,21-/m0/s1. The maximum absolute atomic E-state index is 14.1. The average Bonchev–Trinajstić information content (AvgIpc) is 3.29. The van der Waals surface area contributed by atoms with Gasteiger partial charge in [-0.25, -0.2) is 27.9 Å². The minimum absolute atomic E-state index is 0.00345. The van der Waals surface area contributed by atoms with E-state index in [1.54, 1.807) is 17.8 Å². The molecule has 180 valence electrons. The summed E-state index contributed by atoms with van der Waals surface area (Å²) in [5, 5.41) is 22.5. The average molecular weight is 477 g/mol. The summed E-state index contributed by atoms with van der Waals surface area (Å²) in [6.07, 6.45) is 2.27. The Bertz CT molecular complexity index is 1210. The lowest BCUT2D eigenvalue weighted by Crippen LogP contribution is -2.47. The Morgan fingerprint density at radius 2 is 1.91 bits per heavy atom. The first-order valence-electron chi connectivity index (χ1n) is 10.3. The first-order chi connectivity index (χ1) is 15.9. The molecule has 3 heterocycles. The van der Waals surface area contributed by atoms with Gasteiger partial charge in [-0.3, -0.25) is 9.69 Å². The van der Waals surface area contributed by atoms with Crippen molar-refractivity contribution in [3.05, 3.63) is 65.1 Å². The van der Waals surface area contributed by atoms with Crippen molar-refractivity contribution in [2.24, 2.45) is 12.0 Å². The highest BCUT2D eigenvalue weighted by atomic mass is 19.3. The Morgan fingerprint density at radius 1 is 1.24 bits per heavy atom. The van der Waals surface area contributed by atoms with Crippen molar-refractivity contribution < 1.29 is 33.0 Å². The van der Waals surface area contributed by atoms with Gasteiger partial charge < -0.3 is 20.1 Å². The number of aliphatic imine (C=N–C) groups is 1. The summed E-state index contributed by atoms with van der Waals surface area (Å²) in [6.45, 7) is 0.263. The number of carboxylic acids is 2. The molecule has 0 bridgehead atoms. The molecule has 1 aromatic heterocycles. The summed E-state index contributed by atoms with van der Waals surface area (Å²) in [7, 11) is 1.69. The zero-order valence-corrected chi connectivity index (χ0v) is 18.3. The van der Waals surface area contributed by atoms with Crippen LogP contribution < -0.4 is 5.32 Å². The van der Waals surface area contributed by atoms with Crippen LogP contribution in [-0.2, 0) is 22.2 Å². The highest BCUT2D eigenvalue weighted by Gasteiger charge is 2.50. The number of carboxylic acid groups (broad SMARTS) is 2. The van der Waals surface area contributed by atoms with Gasteiger partial charge in [0.25, 0.3) is 5.92 Å². The summed E-state index contributed by atoms with van der Waals surface area (Å²) in [5.74, 6) is -6.06. The number of alkyl halides is 2. The number of halogens is 3. The molecular formula is C22H22F3N5O4. The number of imidazole rings is 1. The molecule has 34 heavy (non-hydrogen) atoms. The van der Waals surface area contributed by atoms with Crippen molar-refractivity contribution in [2.75, 3.05) is 13.1 Å². The quantitative estimate of drug-likeness (QED) is 0.582. The molecule has 1 fully saturated rings. The fourth-order valence-electron chi connectivity index (χ4n) is 4.44. The van der Waals surface area contributed by atoms with Crippen LogP contribution in [0, 0.1) is 5.82 Å². The fraction of sp³-hybridized carbons (Fsp3) is 0.364. The smallest absolute Gasteiger partial charge is 0.336 e. The van der Waals surface area contributed by atoms with Gasteiger partial charge in [0.05, 0.1) is 12.1 Å². The van der Waals surface area contributed by atoms with Crippen LogP contribution in [0.3, 0.4) is 0 Å². The van der Waals surface area contributed by atoms with E-state index in [0.717, 1.165) is 4.90 Å². The van der Waals surface area contributed by atoms with Crippen LogP contribution in [0.15, 0.2) is 52.9 Å². The van der Waals surface area contributed by atoms with Crippen molar-refractivity contribution in [3.8, 4) is 0 Å². The van der Waals surface area contributed by atoms with Gasteiger partial charge in [-0.2, -0.15) is 0 Å². The molecule has 0 aliphatic carbocycles. The highest BCUT2D eigenvalue weighted by molar-refractivity contribution is 6.02. The van der Waals surface area contributed by atoms with Crippen LogP contribution >= 0.6 is 0 Å². The van der Waals surface area contributed by atoms with Crippen molar-refractivity contribution in [1.82, 2.24) is 19.8 Å². The lowest BCUT2D eigenvalue weighted by atomic mass is 9.82. The Balaban J connectivity index is 1.86. The molecule has 0 amide bonds. The third kappa shape index (κ3) is 4.16. The second kappa shape index (κ2) is 8.28. The van der Waals surface area contributed by atoms with Crippen LogP contribution in [0.1, 0.15) is 24.7 Å². The maximum Gasteiger partial charge on any atom is 0.336 e. The normalized spacial score (nSPS) is 24.6. The summed E-state index contributed by atoms with van der Waals surface area (Å²) < 4.78 is 43.4. The van der Waals surface area contributed by atoms with Crippen molar-refractivity contribution in [2.45, 2.75) is 30.8 Å². The van der Waals surface area contributed by atoms with Crippen LogP contribution in [0.4, 0.5) is 13.2 Å². The molecule has 2 aromatic rings. The Kier molecular flexibility index (Phi) is 5.72. The van der Waals surface area contributed by atoms with Gasteiger partial charge in [0, 0.05) is 38.1 Å². The number of benzene rings is 1. The number of carbonyl (C=O) groups is 2. The lowest BCUT2D eigenvalue weighted by molar-refractivity contribution is -0.142. The molecule has 0 saturated carbocycles. The summed E-state index contributed by atoms with van der Waals surface area (Å²) in [5.41, 5.74) is -1.48. The molecule has 2 aliphatic rings. The lowest BCUT2D eigenvalue weighted by Gasteiger charge is -2.36. The van der Waals surface area contributed by atoms with Crippen molar-refractivity contribution in [1.29, 1.82) is 0 Å². The van der Waals surface area contributed by atoms with Crippen LogP contribution in [0.2, 0.25) is 0 Å². The van der Waals surface area contributed by atoms with Gasteiger partial charge in [0.2, 0.25) is 0 Å². The van der Waals surface area contributed by atoms with E-state index in [1.165, 1.54) is 37.4 Å². The Hall–Kier alpha value is -3.67. The molecule has 9 nitrogen and oxygen atoms in total. The van der Waals surface area contributed by atoms with E-state index in [-0.39, 0.29) is 17.1 Å². The molecule has 0 spiro atoms. The number of nitrogens with zero attached hydrogens (tertiary/aromatic N) is 4. The first kappa shape index (κ1) is 23.5. The van der Waals surface area contributed by atoms with Crippen LogP contribution in [-0.4, -0.2) is 67.5 Å². The number of likely N-dealkylation sites (tertiary alicyclic amines) is 1. The van der Waals surface area contributed by atoms with Gasteiger partial charge in [-0.05, 0) is 24.6 Å². The largest absolute Gasteiger partial charge is 0.480 e. The van der Waals surface area contributed by atoms with Gasteiger partial charge in [0.1, 0.15) is 17.4 Å². The summed E-state index contributed by atoms with van der Waals surface area (Å²) in [6, 6.07) is 3.63. The number of rotatable bonds is 6. The van der Waals surface area contributed by atoms with Crippen LogP contribution in [0.25, 0.3) is 0 Å². The van der Waals surface area contributed by atoms with E-state index >= 15 is 0 Å². The molecule has 2 atom stereocenters. The van der Waals surface area contributed by atoms with Gasteiger partial charge in [-0.15, -0.1) is 0 Å². The molecule has 1 saturated heterocycles. The zero-order valence-electron chi connectivity index (χ0n) is 18.3. The van der Waals surface area contributed by atoms with E-state index in [0.29, 0.717) is 11.4 Å². The summed E-state index contributed by atoms with van der Waals surface area (Å²) in [4.78, 5) is 33.9. The molecule has 4 rings (SSSR count). The topological polar surface area (TPSA) is 120 Å². The molecule has 2 aliphatic heterocycles. The zero-order chi connectivity index (χ0) is 24.8. The minimum Gasteiger partial charge on any atom is -0.480 e. The van der Waals surface area contributed by atoms with Gasteiger partial charge >= 0.3 is 11.9 Å². The van der Waals surface area contributed by atoms with Crippen molar-refractivity contribution >= 4 is 17.8 Å². The molecule has 0 radical (unpaired) electrons. The second-order valence-corrected chi connectivity index (χ2v) is 8.50. The monoisotopic (exact) mass is 477 g/mol. The van der Waals surface area contributed by atoms with E-state index in [9.17, 15) is 33.0 Å². The Morgan fingerprint density at radius 3 is 2.47 bits per heavy atom. The number of aromatic nitrogens is 2. The van der Waals surface area contributed by atoms with E-state index < -0.39 is 54.8 Å². The SMILES string of the molecule is Cn1ccnc1C1=N[C@@](C)(c2ccc(F)cc2)C(C(=O)O)=C(CN2CC(F)(F)C[C@H]2C(=O)O)N1. The molecule has 3 N–H and O–H groups in total. The number of hydrogen-bond donors (Lipinski definition) is 3. The van der Waals surface area contributed by atoms with E-state index in [4.69, 9.17) is 0 Å². The van der Waals surface area contributed by atoms with Gasteiger partial charge in [-0.1, -0.05) is 12.1 Å². The number of hydrogen-bond acceptors (Lipinski definition) is 6. The molecule has 12 heteroatoms. The Labute approximate surface area is 192 Å². The number of aliphatic carboxylic acids is 2. The van der Waals surface area contributed by atoms with E-state index in [2.05, 4.69) is 15.3 Å². The predicted molar refractivity (Wildman–Crippen MR) is 114 cm³/mol. The predicted octanol–water partition coefficient (Wildman–Crippen LogP) is 1.96. The summed E-state index contributed by atoms with van der Waals surface area (Å²) >= 11 is 0. The number of nitrogens with one attached hydrogen (secondary N) is 1. The first-order valence-corrected chi connectivity index (χ1v) is 10.3. The number of aryl methyl sites for hydroxylation is 1. The third-order valence-corrected chi connectivity index (χ3v) is 6.06. The molecule has 1 aromatic carbocycles. The number of amidine groups is 1. The molecule has 0 unspecified atom stereocenters. The van der Waals surface area contributed by atoms with Crippen LogP contribution in [0.5, 0.6) is 0 Å². The van der Waals surface area contributed by atoms with E-state index in [1.807, 2.05) is 0 Å². The maximum atomic E-state index is 14.1. The minimum atomic E-state index is -3.24.